The number of hydrogen-bond donors (Lipinski definition) is 1. The second kappa shape index (κ2) is 7.01. The third-order valence-electron chi connectivity index (χ3n) is 4.64. The fourth-order valence-corrected chi connectivity index (χ4v) is 3.28. The van der Waals surface area contributed by atoms with Gasteiger partial charge < -0.3 is 10.6 Å². The zero-order valence-corrected chi connectivity index (χ0v) is 11.9. The summed E-state index contributed by atoms with van der Waals surface area (Å²) in [5, 5.41) is 0. The average molecular weight is 251 g/mol. The van der Waals surface area contributed by atoms with Crippen LogP contribution >= 0.6 is 0 Å². The first-order valence-electron chi connectivity index (χ1n) is 7.87. The van der Waals surface area contributed by atoms with Crippen LogP contribution in [0.5, 0.6) is 0 Å². The highest BCUT2D eigenvalue weighted by Crippen LogP contribution is 2.22. The van der Waals surface area contributed by atoms with Crippen LogP contribution in [0.3, 0.4) is 0 Å². The largest absolute Gasteiger partial charge is 0.370 e. The summed E-state index contributed by atoms with van der Waals surface area (Å²) >= 11 is 0. The molecular formula is C15H29N3. The molecule has 3 heteroatoms. The molecule has 1 unspecified atom stereocenters. The Morgan fingerprint density at radius 3 is 2.56 bits per heavy atom. The van der Waals surface area contributed by atoms with E-state index in [4.69, 9.17) is 10.7 Å². The van der Waals surface area contributed by atoms with Crippen molar-refractivity contribution in [1.82, 2.24) is 4.90 Å². The Hall–Kier alpha value is -0.730. The van der Waals surface area contributed by atoms with Gasteiger partial charge >= 0.3 is 0 Å². The SMILES string of the molecule is CCC1CCCN(C(N)=NC2CCCCC2)CC1. The first kappa shape index (κ1) is 13.7. The van der Waals surface area contributed by atoms with Crippen LogP contribution in [-0.2, 0) is 0 Å². The van der Waals surface area contributed by atoms with Crippen LogP contribution < -0.4 is 5.73 Å². The number of nitrogens with zero attached hydrogens (tertiary/aromatic N) is 2. The summed E-state index contributed by atoms with van der Waals surface area (Å²) < 4.78 is 0. The molecule has 1 heterocycles. The van der Waals surface area contributed by atoms with E-state index < -0.39 is 0 Å². The number of hydrogen-bond acceptors (Lipinski definition) is 1. The minimum atomic E-state index is 0.504. The first-order valence-corrected chi connectivity index (χ1v) is 7.87. The molecule has 1 atom stereocenters. The number of guanidine groups is 1. The molecular weight excluding hydrogens is 222 g/mol. The second-order valence-electron chi connectivity index (χ2n) is 5.97. The maximum absolute atomic E-state index is 6.21. The van der Waals surface area contributed by atoms with Gasteiger partial charge in [0.05, 0.1) is 6.04 Å². The predicted molar refractivity (Wildman–Crippen MR) is 77.7 cm³/mol. The van der Waals surface area contributed by atoms with Gasteiger partial charge in [-0.1, -0.05) is 32.6 Å². The number of nitrogens with two attached hydrogens (primary N) is 1. The summed E-state index contributed by atoms with van der Waals surface area (Å²) in [6, 6.07) is 0.504. The summed E-state index contributed by atoms with van der Waals surface area (Å²) in [5.74, 6) is 1.72. The van der Waals surface area contributed by atoms with Crippen LogP contribution in [0.2, 0.25) is 0 Å². The molecule has 0 amide bonds. The van der Waals surface area contributed by atoms with Crippen molar-refractivity contribution in [3.8, 4) is 0 Å². The minimum absolute atomic E-state index is 0.504. The third-order valence-corrected chi connectivity index (χ3v) is 4.64. The smallest absolute Gasteiger partial charge is 0.191 e. The average Bonchev–Trinajstić information content (AvgIpc) is 2.65. The highest BCUT2D eigenvalue weighted by atomic mass is 15.3. The zero-order valence-electron chi connectivity index (χ0n) is 11.9. The Morgan fingerprint density at radius 1 is 1.06 bits per heavy atom. The van der Waals surface area contributed by atoms with E-state index in [0.717, 1.165) is 25.0 Å². The fourth-order valence-electron chi connectivity index (χ4n) is 3.28. The number of rotatable bonds is 2. The molecule has 2 N–H and O–H groups in total. The van der Waals surface area contributed by atoms with E-state index >= 15 is 0 Å². The van der Waals surface area contributed by atoms with Crippen LogP contribution in [0.1, 0.15) is 64.7 Å². The topological polar surface area (TPSA) is 41.6 Å². The summed E-state index contributed by atoms with van der Waals surface area (Å²) in [5.41, 5.74) is 6.21. The highest BCUT2D eigenvalue weighted by Gasteiger charge is 2.18. The highest BCUT2D eigenvalue weighted by molar-refractivity contribution is 5.78. The normalized spacial score (nSPS) is 28.2. The first-order chi connectivity index (χ1) is 8.79. The molecule has 1 aliphatic carbocycles. The molecule has 1 aliphatic heterocycles. The molecule has 0 bridgehead atoms. The summed E-state index contributed by atoms with van der Waals surface area (Å²) in [6.45, 7) is 4.53. The lowest BCUT2D eigenvalue weighted by atomic mass is 9.96. The molecule has 3 nitrogen and oxygen atoms in total. The molecule has 2 rings (SSSR count). The maximum Gasteiger partial charge on any atom is 0.191 e. The van der Waals surface area contributed by atoms with Gasteiger partial charge in [0.2, 0.25) is 0 Å². The van der Waals surface area contributed by atoms with Crippen molar-refractivity contribution >= 4 is 5.96 Å². The van der Waals surface area contributed by atoms with E-state index in [1.54, 1.807) is 0 Å². The standard InChI is InChI=1S/C15H29N3/c1-2-13-7-6-11-18(12-10-13)15(16)17-14-8-4-3-5-9-14/h13-14H,2-12H2,1H3,(H2,16,17). The van der Waals surface area contributed by atoms with Gasteiger partial charge in [0.25, 0.3) is 0 Å². The third kappa shape index (κ3) is 3.89. The van der Waals surface area contributed by atoms with E-state index in [-0.39, 0.29) is 0 Å². The number of likely N-dealkylation sites (tertiary alicyclic amines) is 1. The minimum Gasteiger partial charge on any atom is -0.370 e. The van der Waals surface area contributed by atoms with Gasteiger partial charge in [-0.15, -0.1) is 0 Å². The Kier molecular flexibility index (Phi) is 5.33. The van der Waals surface area contributed by atoms with Crippen LogP contribution in [-0.4, -0.2) is 30.0 Å². The summed E-state index contributed by atoms with van der Waals surface area (Å²) in [7, 11) is 0. The lowest BCUT2D eigenvalue weighted by Gasteiger charge is -2.25. The van der Waals surface area contributed by atoms with Crippen molar-refractivity contribution in [2.45, 2.75) is 70.8 Å². The van der Waals surface area contributed by atoms with Crippen molar-refractivity contribution in [3.63, 3.8) is 0 Å². The monoisotopic (exact) mass is 251 g/mol. The zero-order chi connectivity index (χ0) is 12.8. The van der Waals surface area contributed by atoms with E-state index in [1.807, 2.05) is 0 Å². The van der Waals surface area contributed by atoms with Crippen molar-refractivity contribution in [3.05, 3.63) is 0 Å². The van der Waals surface area contributed by atoms with Crippen molar-refractivity contribution in [2.24, 2.45) is 16.6 Å². The molecule has 1 saturated carbocycles. The van der Waals surface area contributed by atoms with Crippen LogP contribution in [0.4, 0.5) is 0 Å². The second-order valence-corrected chi connectivity index (χ2v) is 5.97. The van der Waals surface area contributed by atoms with E-state index in [1.165, 1.54) is 57.8 Å². The molecule has 2 fully saturated rings. The van der Waals surface area contributed by atoms with Crippen LogP contribution in [0.25, 0.3) is 0 Å². The predicted octanol–water partition coefficient (Wildman–Crippen LogP) is 3.15. The Bertz CT molecular complexity index is 269. The quantitative estimate of drug-likeness (QED) is 0.605. The van der Waals surface area contributed by atoms with Gasteiger partial charge in [0.1, 0.15) is 0 Å². The molecule has 2 aliphatic rings. The van der Waals surface area contributed by atoms with E-state index in [2.05, 4.69) is 11.8 Å². The molecule has 0 radical (unpaired) electrons. The van der Waals surface area contributed by atoms with Crippen molar-refractivity contribution in [1.29, 1.82) is 0 Å². The lowest BCUT2D eigenvalue weighted by molar-refractivity contribution is 0.395. The van der Waals surface area contributed by atoms with Gasteiger partial charge in [0, 0.05) is 13.1 Å². The molecule has 0 aromatic heterocycles. The molecule has 0 aromatic rings. The van der Waals surface area contributed by atoms with Gasteiger partial charge in [-0.05, 0) is 38.0 Å². The van der Waals surface area contributed by atoms with Gasteiger partial charge in [-0.2, -0.15) is 0 Å². The maximum atomic E-state index is 6.21. The Morgan fingerprint density at radius 2 is 1.83 bits per heavy atom. The molecule has 0 spiro atoms. The Balaban J connectivity index is 1.87. The van der Waals surface area contributed by atoms with Crippen LogP contribution in [0, 0.1) is 5.92 Å². The molecule has 1 saturated heterocycles. The van der Waals surface area contributed by atoms with Gasteiger partial charge in [-0.3, -0.25) is 0 Å². The Labute approximate surface area is 112 Å². The van der Waals surface area contributed by atoms with E-state index in [0.29, 0.717) is 6.04 Å². The van der Waals surface area contributed by atoms with Crippen molar-refractivity contribution < 1.29 is 0 Å². The van der Waals surface area contributed by atoms with Gasteiger partial charge in [0.15, 0.2) is 5.96 Å². The molecule has 104 valence electrons. The number of aliphatic imine (C=N–C) groups is 1. The summed E-state index contributed by atoms with van der Waals surface area (Å²) in [6.07, 6.45) is 11.8. The fraction of sp³-hybridized carbons (Fsp3) is 0.933. The van der Waals surface area contributed by atoms with Crippen LogP contribution in [0.15, 0.2) is 4.99 Å². The molecule has 0 aromatic carbocycles. The lowest BCUT2D eigenvalue weighted by Crippen LogP contribution is -2.39. The summed E-state index contributed by atoms with van der Waals surface area (Å²) in [4.78, 5) is 7.10. The van der Waals surface area contributed by atoms with Crippen molar-refractivity contribution in [2.75, 3.05) is 13.1 Å². The molecule has 18 heavy (non-hydrogen) atoms. The van der Waals surface area contributed by atoms with E-state index in [9.17, 15) is 0 Å². The van der Waals surface area contributed by atoms with Gasteiger partial charge in [-0.25, -0.2) is 4.99 Å².